The lowest BCUT2D eigenvalue weighted by atomic mass is 10.0. The number of amides is 2. The summed E-state index contributed by atoms with van der Waals surface area (Å²) < 4.78 is 14.6. The van der Waals surface area contributed by atoms with Crippen LogP contribution in [0.3, 0.4) is 0 Å². The minimum atomic E-state index is -0.398. The molecule has 0 radical (unpaired) electrons. The van der Waals surface area contributed by atoms with Crippen molar-refractivity contribution in [2.24, 2.45) is 0 Å². The molecule has 0 aliphatic heterocycles. The van der Waals surface area contributed by atoms with Gasteiger partial charge in [-0.1, -0.05) is 48.7 Å². The molecule has 0 atom stereocenters. The third kappa shape index (κ3) is 5.55. The van der Waals surface area contributed by atoms with Crippen LogP contribution in [0.4, 0.5) is 14.9 Å². The lowest BCUT2D eigenvalue weighted by Gasteiger charge is -2.12. The smallest absolute Gasteiger partial charge is 0.342 e. The summed E-state index contributed by atoms with van der Waals surface area (Å²) in [5.41, 5.74) is 3.15. The second-order valence-electron chi connectivity index (χ2n) is 9.30. The van der Waals surface area contributed by atoms with Crippen molar-refractivity contribution in [3.63, 3.8) is 0 Å². The number of aromatic hydroxyl groups is 1. The van der Waals surface area contributed by atoms with Crippen LogP contribution < -0.4 is 10.6 Å². The maximum atomic E-state index is 13.2. The Morgan fingerprint density at radius 1 is 1.03 bits per heavy atom. The number of nitrogens with zero attached hydrogens (tertiary/aromatic N) is 2. The van der Waals surface area contributed by atoms with Crippen LogP contribution in [-0.2, 0) is 6.54 Å². The van der Waals surface area contributed by atoms with Crippen molar-refractivity contribution in [2.45, 2.75) is 38.1 Å². The van der Waals surface area contributed by atoms with Gasteiger partial charge in [0.05, 0.1) is 22.0 Å². The third-order valence-corrected chi connectivity index (χ3v) is 7.04. The van der Waals surface area contributed by atoms with E-state index >= 15 is 0 Å². The number of aromatic nitrogens is 2. The van der Waals surface area contributed by atoms with Gasteiger partial charge >= 0.3 is 6.03 Å². The molecule has 0 saturated heterocycles. The number of carbonyl (C=O) groups is 2. The van der Waals surface area contributed by atoms with Crippen molar-refractivity contribution >= 4 is 29.2 Å². The summed E-state index contributed by atoms with van der Waals surface area (Å²) in [5, 5.41) is 21.3. The van der Waals surface area contributed by atoms with Crippen LogP contribution in [0.25, 0.3) is 11.3 Å². The van der Waals surface area contributed by atoms with Crippen LogP contribution in [0.5, 0.6) is 5.75 Å². The number of rotatable bonds is 6. The zero-order valence-electron chi connectivity index (χ0n) is 20.5. The molecule has 1 heterocycles. The van der Waals surface area contributed by atoms with Gasteiger partial charge in [0.15, 0.2) is 0 Å². The molecule has 0 spiro atoms. The normalized spacial score (nSPS) is 13.4. The van der Waals surface area contributed by atoms with E-state index in [-0.39, 0.29) is 24.0 Å². The van der Waals surface area contributed by atoms with Gasteiger partial charge in [-0.05, 0) is 60.9 Å². The quantitative estimate of drug-likeness (QED) is 0.257. The topological polar surface area (TPSA) is 96.3 Å². The summed E-state index contributed by atoms with van der Waals surface area (Å²) in [6, 6.07) is 18.8. The Hall–Kier alpha value is -4.17. The van der Waals surface area contributed by atoms with Crippen LogP contribution in [0, 0.1) is 5.82 Å². The van der Waals surface area contributed by atoms with Crippen LogP contribution >= 0.6 is 11.6 Å². The fourth-order valence-corrected chi connectivity index (χ4v) is 4.95. The fraction of sp³-hybridized carbons (Fsp3) is 0.207. The first kappa shape index (κ1) is 25.5. The Labute approximate surface area is 224 Å². The second-order valence-corrected chi connectivity index (χ2v) is 9.71. The summed E-state index contributed by atoms with van der Waals surface area (Å²) in [7, 11) is 0. The minimum absolute atomic E-state index is 0.0868. The lowest BCUT2D eigenvalue weighted by molar-refractivity contribution is 0.102. The van der Waals surface area contributed by atoms with E-state index in [0.29, 0.717) is 27.5 Å². The van der Waals surface area contributed by atoms with Crippen LogP contribution in [0.2, 0.25) is 5.02 Å². The van der Waals surface area contributed by atoms with Gasteiger partial charge in [0.2, 0.25) is 0 Å². The molecule has 9 heteroatoms. The molecule has 5 rings (SSSR count). The number of nitrogens with one attached hydrogen (secondary N) is 2. The average molecular weight is 533 g/mol. The van der Waals surface area contributed by atoms with Gasteiger partial charge in [0.1, 0.15) is 11.6 Å². The highest BCUT2D eigenvalue weighted by atomic mass is 35.5. The van der Waals surface area contributed by atoms with Crippen molar-refractivity contribution in [3.8, 4) is 17.0 Å². The largest absolute Gasteiger partial charge is 0.507 e. The first-order valence-electron chi connectivity index (χ1n) is 12.4. The highest BCUT2D eigenvalue weighted by Gasteiger charge is 2.26. The predicted molar refractivity (Wildman–Crippen MR) is 144 cm³/mol. The van der Waals surface area contributed by atoms with Gasteiger partial charge in [-0.2, -0.15) is 9.78 Å². The molecule has 7 nitrogen and oxygen atoms in total. The van der Waals surface area contributed by atoms with Gasteiger partial charge in [0, 0.05) is 29.8 Å². The van der Waals surface area contributed by atoms with E-state index in [1.807, 2.05) is 6.07 Å². The molecule has 0 unspecified atom stereocenters. The van der Waals surface area contributed by atoms with E-state index in [9.17, 15) is 19.1 Å². The molecular weight excluding hydrogens is 507 g/mol. The van der Waals surface area contributed by atoms with Crippen molar-refractivity contribution in [1.82, 2.24) is 15.1 Å². The van der Waals surface area contributed by atoms with Crippen molar-refractivity contribution in [2.75, 3.05) is 5.32 Å². The Kier molecular flexibility index (Phi) is 7.42. The van der Waals surface area contributed by atoms with Crippen LogP contribution in [0.1, 0.15) is 53.2 Å². The Morgan fingerprint density at radius 2 is 1.76 bits per heavy atom. The van der Waals surface area contributed by atoms with Crippen LogP contribution in [-0.4, -0.2) is 26.8 Å². The third-order valence-electron chi connectivity index (χ3n) is 6.71. The number of phenolic OH excluding ortho intramolecular Hbond substituents is 1. The second kappa shape index (κ2) is 11.1. The Balaban J connectivity index is 1.38. The fourth-order valence-electron chi connectivity index (χ4n) is 4.73. The van der Waals surface area contributed by atoms with E-state index in [1.165, 1.54) is 22.9 Å². The summed E-state index contributed by atoms with van der Waals surface area (Å²) in [5.74, 6) is -0.636. The van der Waals surface area contributed by atoms with E-state index in [2.05, 4.69) is 15.7 Å². The zero-order chi connectivity index (χ0) is 26.6. The summed E-state index contributed by atoms with van der Waals surface area (Å²) in [4.78, 5) is 25.7. The number of phenols is 1. The number of hydrogen-bond donors (Lipinski definition) is 3. The number of carbonyl (C=O) groups excluding carboxylic acids is 2. The monoisotopic (exact) mass is 532 g/mol. The molecule has 0 bridgehead atoms. The molecule has 1 fully saturated rings. The number of halogens is 2. The summed E-state index contributed by atoms with van der Waals surface area (Å²) in [6.07, 6.45) is 4.06. The first-order valence-corrected chi connectivity index (χ1v) is 12.8. The van der Waals surface area contributed by atoms with E-state index in [1.54, 1.807) is 48.5 Å². The first-order chi connectivity index (χ1) is 18.4. The number of benzene rings is 3. The molecule has 1 aromatic heterocycles. The van der Waals surface area contributed by atoms with Crippen LogP contribution in [0.15, 0.2) is 72.8 Å². The molecule has 1 aliphatic rings. The zero-order valence-corrected chi connectivity index (χ0v) is 21.2. The minimum Gasteiger partial charge on any atom is -0.507 e. The lowest BCUT2D eigenvalue weighted by Crippen LogP contribution is -2.30. The van der Waals surface area contributed by atoms with Gasteiger partial charge in [-0.15, -0.1) is 0 Å². The predicted octanol–water partition coefficient (Wildman–Crippen LogP) is 6.72. The Bertz CT molecular complexity index is 1480. The molecule has 3 aromatic carbocycles. The van der Waals surface area contributed by atoms with Crippen molar-refractivity contribution in [1.29, 1.82) is 0 Å². The maximum absolute atomic E-state index is 13.2. The van der Waals surface area contributed by atoms with E-state index in [4.69, 9.17) is 11.6 Å². The SMILES string of the molecule is O=C(Nc1ccc(-c2cc(C3CCCC3)n(C(=O)NCc3ccc(F)cc3)n2)c(O)c1)c1ccccc1Cl. The molecule has 1 aliphatic carbocycles. The molecule has 2 amide bonds. The Morgan fingerprint density at radius 3 is 2.47 bits per heavy atom. The molecule has 1 saturated carbocycles. The molecule has 38 heavy (non-hydrogen) atoms. The van der Waals surface area contributed by atoms with E-state index in [0.717, 1.165) is 36.9 Å². The highest BCUT2D eigenvalue weighted by Crippen LogP contribution is 2.38. The molecule has 4 aromatic rings. The highest BCUT2D eigenvalue weighted by molar-refractivity contribution is 6.34. The molecular formula is C29H26ClFN4O3. The van der Waals surface area contributed by atoms with Crippen molar-refractivity contribution in [3.05, 3.63) is 100 Å². The van der Waals surface area contributed by atoms with Gasteiger partial charge in [-0.25, -0.2) is 9.18 Å². The van der Waals surface area contributed by atoms with Gasteiger partial charge < -0.3 is 15.7 Å². The number of hydrogen-bond acceptors (Lipinski definition) is 4. The van der Waals surface area contributed by atoms with Crippen molar-refractivity contribution < 1.29 is 19.1 Å². The van der Waals surface area contributed by atoms with Gasteiger partial charge in [0.25, 0.3) is 5.91 Å². The summed E-state index contributed by atoms with van der Waals surface area (Å²) >= 11 is 6.11. The number of anilines is 1. The molecule has 3 N–H and O–H groups in total. The average Bonchev–Trinajstić information content (AvgIpc) is 3.59. The molecule has 194 valence electrons. The van der Waals surface area contributed by atoms with E-state index < -0.39 is 11.9 Å². The van der Waals surface area contributed by atoms with Gasteiger partial charge in [-0.3, -0.25) is 4.79 Å². The maximum Gasteiger partial charge on any atom is 0.342 e. The summed E-state index contributed by atoms with van der Waals surface area (Å²) in [6.45, 7) is 0.226. The standard InChI is InChI=1S/C29H26ClFN4O3/c30-24-8-4-3-7-22(24)28(37)33-21-13-14-23(27(36)15-21)25-16-26(19-5-1-2-6-19)35(34-25)29(38)32-17-18-9-11-20(31)12-10-18/h3-4,7-16,19,36H,1-2,5-6,17H2,(H,32,38)(H,33,37).